The molecule has 0 aromatic heterocycles. The maximum absolute atomic E-state index is 12.0. The molecule has 0 unspecified atom stereocenters. The van der Waals surface area contributed by atoms with E-state index < -0.39 is 15.6 Å². The third-order valence-electron chi connectivity index (χ3n) is 4.23. The molecular formula is C19H36F2O2Si. The average molecular weight is 363 g/mol. The first-order valence-electron chi connectivity index (χ1n) is 9.74. The van der Waals surface area contributed by atoms with Crippen LogP contribution < -0.4 is 0 Å². The largest absolute Gasteiger partial charge is 0.463 e. The lowest BCUT2D eigenvalue weighted by molar-refractivity contribution is -0.137. The van der Waals surface area contributed by atoms with Crippen molar-refractivity contribution in [3.05, 3.63) is 12.7 Å². The number of hydrogen-bond donors (Lipinski definition) is 0. The summed E-state index contributed by atoms with van der Waals surface area (Å²) in [6.45, 7) is 3.87. The molecule has 0 aliphatic carbocycles. The Kier molecular flexibility index (Phi) is 18.1. The summed E-state index contributed by atoms with van der Waals surface area (Å²) in [5, 5.41) is 0. The Morgan fingerprint density at radius 1 is 0.833 bits per heavy atom. The molecule has 0 aromatic carbocycles. The normalized spacial score (nSPS) is 11.5. The lowest BCUT2D eigenvalue weighted by Gasteiger charge is -2.04. The Hall–Kier alpha value is -0.713. The summed E-state index contributed by atoms with van der Waals surface area (Å²) < 4.78 is 28.9. The van der Waals surface area contributed by atoms with Crippen molar-refractivity contribution in [2.45, 2.75) is 95.6 Å². The highest BCUT2D eigenvalue weighted by Crippen LogP contribution is 2.13. The highest BCUT2D eigenvalue weighted by Gasteiger charge is 2.02. The number of unbranched alkanes of at least 4 members (excludes halogenated alkanes) is 12. The van der Waals surface area contributed by atoms with Crippen molar-refractivity contribution < 1.29 is 18.3 Å². The topological polar surface area (TPSA) is 26.3 Å². The second-order valence-electron chi connectivity index (χ2n) is 6.50. The molecule has 0 aromatic rings. The van der Waals surface area contributed by atoms with E-state index in [2.05, 4.69) is 6.58 Å². The van der Waals surface area contributed by atoms with Crippen molar-refractivity contribution in [1.82, 2.24) is 0 Å². The first kappa shape index (κ1) is 23.3. The Morgan fingerprint density at radius 2 is 1.25 bits per heavy atom. The van der Waals surface area contributed by atoms with Crippen molar-refractivity contribution in [2.75, 3.05) is 6.61 Å². The summed E-state index contributed by atoms with van der Waals surface area (Å²) in [5.74, 6) is -0.329. The van der Waals surface area contributed by atoms with Gasteiger partial charge in [0.15, 0.2) is 0 Å². The molecule has 24 heavy (non-hydrogen) atoms. The molecule has 0 radical (unpaired) electrons. The molecule has 0 fully saturated rings. The summed E-state index contributed by atoms with van der Waals surface area (Å²) in [6.07, 6.45) is 16.9. The summed E-state index contributed by atoms with van der Waals surface area (Å²) in [7, 11) is -1.08. The predicted octanol–water partition coefficient (Wildman–Crippen LogP) is 5.60. The summed E-state index contributed by atoms with van der Waals surface area (Å²) >= 11 is 0. The minimum atomic E-state index is -1.99. The molecule has 0 saturated heterocycles. The minimum Gasteiger partial charge on any atom is -0.463 e. The second-order valence-corrected chi connectivity index (χ2v) is 8.40. The van der Waals surface area contributed by atoms with Crippen molar-refractivity contribution in [3.63, 3.8) is 0 Å². The van der Waals surface area contributed by atoms with Gasteiger partial charge in [-0.1, -0.05) is 89.7 Å². The van der Waals surface area contributed by atoms with Crippen LogP contribution in [0.2, 0.25) is 6.04 Å². The fourth-order valence-corrected chi connectivity index (χ4v) is 3.70. The zero-order valence-electron chi connectivity index (χ0n) is 15.2. The maximum Gasteiger partial charge on any atom is 0.330 e. The van der Waals surface area contributed by atoms with Crippen LogP contribution in [-0.2, 0) is 9.53 Å². The van der Waals surface area contributed by atoms with E-state index in [1.165, 1.54) is 63.9 Å². The molecular weight excluding hydrogens is 326 g/mol. The molecule has 0 rings (SSSR count). The van der Waals surface area contributed by atoms with E-state index in [0.29, 0.717) is 6.61 Å². The summed E-state index contributed by atoms with van der Waals surface area (Å²) in [6, 6.07) is -1.17. The van der Waals surface area contributed by atoms with Gasteiger partial charge in [-0.2, -0.15) is 0 Å². The van der Waals surface area contributed by atoms with Crippen LogP contribution in [0.3, 0.4) is 0 Å². The van der Waals surface area contributed by atoms with Gasteiger partial charge in [-0.05, 0) is 6.42 Å². The van der Waals surface area contributed by atoms with Crippen LogP contribution in [0.1, 0.15) is 83.5 Å². The zero-order chi connectivity index (χ0) is 17.9. The molecule has 0 aliphatic rings. The molecule has 0 bridgehead atoms. The lowest BCUT2D eigenvalue weighted by atomic mass is 10.0. The van der Waals surface area contributed by atoms with Crippen LogP contribution in [0.25, 0.3) is 0 Å². The maximum atomic E-state index is 12.0. The van der Waals surface area contributed by atoms with Crippen LogP contribution in [-0.4, -0.2) is 28.1 Å². The molecule has 5 heteroatoms. The molecule has 0 spiro atoms. The number of alkyl halides is 2. The van der Waals surface area contributed by atoms with Gasteiger partial charge in [-0.3, -0.25) is 0 Å². The number of halogens is 2. The standard InChI is InChI=1S/C19H36F2O2Si/c1-2-18(22)23-16-14-12-10-8-6-4-3-5-7-9-11-13-15-17-24-19(20)21/h2,19H,1,3-17,24H2. The summed E-state index contributed by atoms with van der Waals surface area (Å²) in [5.41, 5.74) is 0. The Bertz CT molecular complexity index is 299. The van der Waals surface area contributed by atoms with Gasteiger partial charge >= 0.3 is 5.97 Å². The van der Waals surface area contributed by atoms with Crippen LogP contribution in [0.5, 0.6) is 0 Å². The van der Waals surface area contributed by atoms with Gasteiger partial charge in [0.1, 0.15) is 9.52 Å². The Morgan fingerprint density at radius 3 is 1.67 bits per heavy atom. The first-order chi connectivity index (χ1) is 11.7. The molecule has 0 atom stereocenters. The molecule has 0 aliphatic heterocycles. The minimum absolute atomic E-state index is 0.329. The van der Waals surface area contributed by atoms with E-state index in [-0.39, 0.29) is 5.97 Å². The van der Waals surface area contributed by atoms with Crippen molar-refractivity contribution in [1.29, 1.82) is 0 Å². The van der Waals surface area contributed by atoms with E-state index in [1.54, 1.807) is 0 Å². The van der Waals surface area contributed by atoms with Gasteiger partial charge in [0.25, 0.3) is 0 Å². The van der Waals surface area contributed by atoms with Crippen LogP contribution >= 0.6 is 0 Å². The highest BCUT2D eigenvalue weighted by atomic mass is 28.2. The molecule has 0 heterocycles. The molecule has 0 amide bonds. The van der Waals surface area contributed by atoms with Crippen molar-refractivity contribution in [2.24, 2.45) is 0 Å². The molecule has 0 saturated carbocycles. The van der Waals surface area contributed by atoms with E-state index >= 15 is 0 Å². The molecule has 2 nitrogen and oxygen atoms in total. The van der Waals surface area contributed by atoms with Crippen LogP contribution in [0, 0.1) is 0 Å². The number of hydrogen-bond acceptors (Lipinski definition) is 2. The van der Waals surface area contributed by atoms with E-state index in [9.17, 15) is 13.6 Å². The van der Waals surface area contributed by atoms with E-state index in [0.717, 1.165) is 31.7 Å². The first-order valence-corrected chi connectivity index (χ1v) is 11.6. The van der Waals surface area contributed by atoms with Gasteiger partial charge in [0, 0.05) is 6.08 Å². The average Bonchev–Trinajstić information content (AvgIpc) is 2.57. The highest BCUT2D eigenvalue weighted by molar-refractivity contribution is 6.36. The van der Waals surface area contributed by atoms with Crippen molar-refractivity contribution >= 4 is 15.5 Å². The number of carbonyl (C=O) groups excluding carboxylic acids is 1. The quantitative estimate of drug-likeness (QED) is 0.137. The fourth-order valence-electron chi connectivity index (χ4n) is 2.75. The van der Waals surface area contributed by atoms with Gasteiger partial charge in [0.05, 0.1) is 6.61 Å². The van der Waals surface area contributed by atoms with Gasteiger partial charge < -0.3 is 4.74 Å². The fraction of sp³-hybridized carbons (Fsp3) is 0.842. The third kappa shape index (κ3) is 19.3. The number of carbonyl (C=O) groups is 1. The Labute approximate surface area is 149 Å². The number of esters is 1. The van der Waals surface area contributed by atoms with Gasteiger partial charge in [0.2, 0.25) is 6.05 Å². The molecule has 0 N–H and O–H groups in total. The SMILES string of the molecule is C=CC(=O)OCCCCCCCCCCCCCCC[SiH2]C(F)F. The van der Waals surface area contributed by atoms with Crippen LogP contribution in [0.4, 0.5) is 8.78 Å². The zero-order valence-corrected chi connectivity index (χ0v) is 16.7. The smallest absolute Gasteiger partial charge is 0.330 e. The van der Waals surface area contributed by atoms with Gasteiger partial charge in [-0.25, -0.2) is 13.6 Å². The monoisotopic (exact) mass is 362 g/mol. The lowest BCUT2D eigenvalue weighted by Crippen LogP contribution is -2.02. The number of rotatable bonds is 18. The van der Waals surface area contributed by atoms with Crippen molar-refractivity contribution in [3.8, 4) is 0 Å². The number of ether oxygens (including phenoxy) is 1. The van der Waals surface area contributed by atoms with Gasteiger partial charge in [-0.15, -0.1) is 0 Å². The second kappa shape index (κ2) is 18.6. The third-order valence-corrected chi connectivity index (χ3v) is 5.57. The Balaban J connectivity index is 3.03. The predicted molar refractivity (Wildman–Crippen MR) is 101 cm³/mol. The van der Waals surface area contributed by atoms with E-state index in [1.807, 2.05) is 0 Å². The molecule has 142 valence electrons. The summed E-state index contributed by atoms with van der Waals surface area (Å²) in [4.78, 5) is 10.8. The van der Waals surface area contributed by atoms with Crippen LogP contribution in [0.15, 0.2) is 12.7 Å². The van der Waals surface area contributed by atoms with E-state index in [4.69, 9.17) is 4.74 Å².